The van der Waals surface area contributed by atoms with Gasteiger partial charge in [0, 0.05) is 12.6 Å². The molecule has 2 aromatic carbocycles. The lowest BCUT2D eigenvalue weighted by Gasteiger charge is -2.05. The van der Waals surface area contributed by atoms with Gasteiger partial charge in [-0.2, -0.15) is 0 Å². The van der Waals surface area contributed by atoms with E-state index in [0.717, 1.165) is 22.6 Å². The molecule has 0 saturated heterocycles. The summed E-state index contributed by atoms with van der Waals surface area (Å²) in [5, 5.41) is 9.32. The van der Waals surface area contributed by atoms with Gasteiger partial charge in [0.1, 0.15) is 11.5 Å². The Morgan fingerprint density at radius 3 is 2.35 bits per heavy atom. The maximum atomic E-state index is 9.32. The first-order chi connectivity index (χ1) is 11.1. The first-order valence-electron chi connectivity index (χ1n) is 7.36. The molecule has 0 atom stereocenters. The topological polar surface area (TPSA) is 73.3 Å². The number of imidazole rings is 1. The van der Waals surface area contributed by atoms with Gasteiger partial charge >= 0.3 is 0 Å². The van der Waals surface area contributed by atoms with Crippen molar-refractivity contribution < 1.29 is 9.84 Å². The molecule has 0 spiro atoms. The zero-order valence-corrected chi connectivity index (χ0v) is 12.9. The number of hydrogen-bond donors (Lipinski definition) is 2. The van der Waals surface area contributed by atoms with Crippen LogP contribution in [0.1, 0.15) is 16.8 Å². The lowest BCUT2D eigenvalue weighted by molar-refractivity contribution is 0.414. The first-order valence-corrected chi connectivity index (χ1v) is 7.36. The largest absolute Gasteiger partial charge is 0.508 e. The fourth-order valence-electron chi connectivity index (χ4n) is 2.45. The molecule has 23 heavy (non-hydrogen) atoms. The van der Waals surface area contributed by atoms with E-state index in [1.54, 1.807) is 19.2 Å². The third kappa shape index (κ3) is 3.63. The van der Waals surface area contributed by atoms with Crippen molar-refractivity contribution in [2.24, 2.45) is 0 Å². The fourth-order valence-corrected chi connectivity index (χ4v) is 2.45. The monoisotopic (exact) mass is 309 g/mol. The van der Waals surface area contributed by atoms with Gasteiger partial charge in [-0.1, -0.05) is 24.3 Å². The number of phenolic OH excluding ortho intramolecular Hbond substituents is 1. The van der Waals surface area contributed by atoms with Crippen molar-refractivity contribution in [1.29, 1.82) is 0 Å². The van der Waals surface area contributed by atoms with Crippen molar-refractivity contribution in [2.75, 3.05) is 12.8 Å². The van der Waals surface area contributed by atoms with Crippen LogP contribution in [0, 0.1) is 0 Å². The minimum atomic E-state index is 0.262. The molecule has 3 aromatic rings. The fraction of sp³-hybridized carbons (Fsp3) is 0.167. The van der Waals surface area contributed by atoms with Crippen LogP contribution in [0.15, 0.2) is 54.7 Å². The molecule has 1 heterocycles. The number of anilines is 1. The van der Waals surface area contributed by atoms with Gasteiger partial charge in [0.25, 0.3) is 0 Å². The third-order valence-corrected chi connectivity index (χ3v) is 3.69. The summed E-state index contributed by atoms with van der Waals surface area (Å²) in [5.41, 5.74) is 9.13. The summed E-state index contributed by atoms with van der Waals surface area (Å²) in [6.07, 6.45) is 2.65. The van der Waals surface area contributed by atoms with E-state index >= 15 is 0 Å². The van der Waals surface area contributed by atoms with Gasteiger partial charge in [0.15, 0.2) is 0 Å². The van der Waals surface area contributed by atoms with Crippen molar-refractivity contribution in [3.05, 3.63) is 71.5 Å². The van der Waals surface area contributed by atoms with Crippen LogP contribution in [-0.4, -0.2) is 21.8 Å². The number of aromatic hydroxyl groups is 1. The molecule has 5 nitrogen and oxygen atoms in total. The number of methoxy groups -OCH3 is 1. The summed E-state index contributed by atoms with van der Waals surface area (Å²) in [7, 11) is 1.65. The molecule has 0 unspecified atom stereocenters. The molecule has 3 rings (SSSR count). The van der Waals surface area contributed by atoms with Crippen molar-refractivity contribution in [3.63, 3.8) is 0 Å². The predicted octanol–water partition coefficient (Wildman–Crippen LogP) is 2.82. The van der Waals surface area contributed by atoms with Crippen LogP contribution in [0.2, 0.25) is 0 Å². The second kappa shape index (κ2) is 6.44. The molecule has 1 aromatic heterocycles. The third-order valence-electron chi connectivity index (χ3n) is 3.69. The first kappa shape index (κ1) is 15.0. The Morgan fingerprint density at radius 1 is 1.04 bits per heavy atom. The molecule has 118 valence electrons. The molecule has 5 heteroatoms. The second-order valence-electron chi connectivity index (χ2n) is 5.41. The highest BCUT2D eigenvalue weighted by atomic mass is 16.5. The maximum Gasteiger partial charge on any atom is 0.200 e. The van der Waals surface area contributed by atoms with E-state index in [0.29, 0.717) is 18.9 Å². The highest BCUT2D eigenvalue weighted by molar-refractivity contribution is 5.32. The summed E-state index contributed by atoms with van der Waals surface area (Å²) in [6, 6.07) is 15.0. The Hall–Kier alpha value is -2.95. The van der Waals surface area contributed by atoms with E-state index in [2.05, 4.69) is 4.98 Å². The van der Waals surface area contributed by atoms with E-state index in [9.17, 15) is 5.11 Å². The summed E-state index contributed by atoms with van der Waals surface area (Å²) in [6.45, 7) is 0.665. The van der Waals surface area contributed by atoms with E-state index in [1.165, 1.54) is 0 Å². The van der Waals surface area contributed by atoms with Crippen molar-refractivity contribution in [2.45, 2.75) is 13.0 Å². The number of nitrogens with two attached hydrogens (primary N) is 1. The van der Waals surface area contributed by atoms with Crippen molar-refractivity contribution in [3.8, 4) is 11.5 Å². The van der Waals surface area contributed by atoms with Gasteiger partial charge in [-0.3, -0.25) is 0 Å². The maximum absolute atomic E-state index is 9.32. The number of hydrogen-bond acceptors (Lipinski definition) is 4. The van der Waals surface area contributed by atoms with Crippen LogP contribution in [0.5, 0.6) is 11.5 Å². The Balaban J connectivity index is 1.73. The van der Waals surface area contributed by atoms with Crippen LogP contribution >= 0.6 is 0 Å². The molecule has 0 aliphatic rings. The van der Waals surface area contributed by atoms with Crippen LogP contribution in [0.3, 0.4) is 0 Å². The minimum Gasteiger partial charge on any atom is -0.508 e. The molecular formula is C18H19N3O2. The molecule has 0 saturated carbocycles. The van der Waals surface area contributed by atoms with Crippen LogP contribution in [0.25, 0.3) is 0 Å². The molecule has 0 fully saturated rings. The number of nitrogens with zero attached hydrogens (tertiary/aromatic N) is 2. The zero-order chi connectivity index (χ0) is 16.2. The van der Waals surface area contributed by atoms with Gasteiger partial charge in [-0.25, -0.2) is 4.98 Å². The van der Waals surface area contributed by atoms with Crippen LogP contribution in [-0.2, 0) is 13.0 Å². The number of aromatic nitrogens is 2. The molecular weight excluding hydrogens is 290 g/mol. The van der Waals surface area contributed by atoms with Gasteiger partial charge < -0.3 is 20.1 Å². The van der Waals surface area contributed by atoms with Gasteiger partial charge in [0.2, 0.25) is 5.95 Å². The summed E-state index contributed by atoms with van der Waals surface area (Å²) < 4.78 is 7.09. The number of phenols is 1. The number of rotatable bonds is 5. The van der Waals surface area contributed by atoms with E-state index in [4.69, 9.17) is 10.5 Å². The van der Waals surface area contributed by atoms with E-state index < -0.39 is 0 Å². The number of benzene rings is 2. The highest BCUT2D eigenvalue weighted by Crippen LogP contribution is 2.17. The highest BCUT2D eigenvalue weighted by Gasteiger charge is 2.07. The van der Waals surface area contributed by atoms with Gasteiger partial charge in [-0.15, -0.1) is 0 Å². The minimum absolute atomic E-state index is 0.262. The number of nitrogen functional groups attached to an aromatic ring is 1. The Kier molecular flexibility index (Phi) is 4.19. The van der Waals surface area contributed by atoms with E-state index in [1.807, 2.05) is 47.2 Å². The summed E-state index contributed by atoms with van der Waals surface area (Å²) in [5.74, 6) is 1.59. The quantitative estimate of drug-likeness (QED) is 0.760. The molecule has 3 N–H and O–H groups in total. The predicted molar refractivity (Wildman–Crippen MR) is 89.6 cm³/mol. The number of ether oxygens (including phenoxy) is 1. The van der Waals surface area contributed by atoms with Gasteiger partial charge in [0.05, 0.1) is 19.3 Å². The Morgan fingerprint density at radius 2 is 1.70 bits per heavy atom. The van der Waals surface area contributed by atoms with Gasteiger partial charge in [-0.05, 0) is 35.4 Å². The normalized spacial score (nSPS) is 10.7. The second-order valence-corrected chi connectivity index (χ2v) is 5.41. The average Bonchev–Trinajstić information content (AvgIpc) is 2.90. The standard InChI is InChI=1S/C18H19N3O2/c1-23-17-8-4-14(5-9-17)11-21-12-15(20-18(21)19)10-13-2-6-16(22)7-3-13/h2-9,12,22H,10-11H2,1H3,(H2,19,20). The van der Waals surface area contributed by atoms with Crippen LogP contribution in [0.4, 0.5) is 5.95 Å². The summed E-state index contributed by atoms with van der Waals surface area (Å²) >= 11 is 0. The Labute approximate surface area is 135 Å². The molecule has 0 amide bonds. The SMILES string of the molecule is COc1ccc(Cn2cc(Cc3ccc(O)cc3)nc2N)cc1. The average molecular weight is 309 g/mol. The zero-order valence-electron chi connectivity index (χ0n) is 12.9. The molecule has 0 aliphatic heterocycles. The Bertz CT molecular complexity index is 777. The van der Waals surface area contributed by atoms with Crippen LogP contribution < -0.4 is 10.5 Å². The summed E-state index contributed by atoms with van der Waals surface area (Å²) in [4.78, 5) is 4.41. The molecule has 0 radical (unpaired) electrons. The lowest BCUT2D eigenvalue weighted by atomic mass is 10.1. The molecule has 0 bridgehead atoms. The lowest BCUT2D eigenvalue weighted by Crippen LogP contribution is -2.03. The molecule has 0 aliphatic carbocycles. The van der Waals surface area contributed by atoms with E-state index in [-0.39, 0.29) is 5.75 Å². The van der Waals surface area contributed by atoms with Crippen molar-refractivity contribution >= 4 is 5.95 Å². The smallest absolute Gasteiger partial charge is 0.200 e. The van der Waals surface area contributed by atoms with Crippen molar-refractivity contribution in [1.82, 2.24) is 9.55 Å².